The largest absolute Gasteiger partial charge is 0.390 e. The minimum absolute atomic E-state index is 0.00662. The highest BCUT2D eigenvalue weighted by Crippen LogP contribution is 2.11. The summed E-state index contributed by atoms with van der Waals surface area (Å²) in [4.78, 5) is 0. The van der Waals surface area contributed by atoms with E-state index in [-0.39, 0.29) is 17.5 Å². The van der Waals surface area contributed by atoms with Gasteiger partial charge in [-0.1, -0.05) is 6.08 Å². The van der Waals surface area contributed by atoms with Gasteiger partial charge in [0.25, 0.3) is 0 Å². The third kappa shape index (κ3) is 5.30. The fourth-order valence-corrected chi connectivity index (χ4v) is 3.65. The molecule has 1 aliphatic rings. The van der Waals surface area contributed by atoms with Crippen molar-refractivity contribution in [3.05, 3.63) is 12.7 Å². The van der Waals surface area contributed by atoms with Crippen molar-refractivity contribution in [3.8, 4) is 0 Å². The van der Waals surface area contributed by atoms with Crippen molar-refractivity contribution in [2.24, 2.45) is 0 Å². The Hall–Kier alpha value is -0.700. The Labute approximate surface area is 113 Å². The summed E-state index contributed by atoms with van der Waals surface area (Å²) < 4.78 is 22.5. The lowest BCUT2D eigenvalue weighted by Gasteiger charge is -2.15. The van der Waals surface area contributed by atoms with Gasteiger partial charge in [0.1, 0.15) is 0 Å². The lowest BCUT2D eigenvalue weighted by molar-refractivity contribution is 0.166. The van der Waals surface area contributed by atoms with Crippen LogP contribution in [0.2, 0.25) is 0 Å². The van der Waals surface area contributed by atoms with Gasteiger partial charge >= 0.3 is 0 Å². The number of hydrogen-bond donors (Lipinski definition) is 4. The summed E-state index contributed by atoms with van der Waals surface area (Å²) >= 11 is 4.98. The molecule has 8 heteroatoms. The zero-order chi connectivity index (χ0) is 13.6. The van der Waals surface area contributed by atoms with Crippen LogP contribution in [-0.4, -0.2) is 61.9 Å². The van der Waals surface area contributed by atoms with Gasteiger partial charge < -0.3 is 21.1 Å². The molecule has 0 aromatic heterocycles. The van der Waals surface area contributed by atoms with Gasteiger partial charge in [-0.05, 0) is 12.2 Å². The predicted octanol–water partition coefficient (Wildman–Crippen LogP) is -1.62. The molecule has 0 amide bonds. The summed E-state index contributed by atoms with van der Waals surface area (Å²) in [7, 11) is -3.09. The van der Waals surface area contributed by atoms with Gasteiger partial charge in [-0.3, -0.25) is 0 Å². The topological polar surface area (TPSA) is 90.5 Å². The Morgan fingerprint density at radius 3 is 2.67 bits per heavy atom. The molecule has 104 valence electrons. The van der Waals surface area contributed by atoms with Crippen LogP contribution < -0.4 is 16.0 Å². The Kier molecular flexibility index (Phi) is 6.00. The van der Waals surface area contributed by atoms with Crippen molar-refractivity contribution >= 4 is 27.2 Å². The molecule has 0 aromatic rings. The van der Waals surface area contributed by atoms with Crippen LogP contribution in [-0.2, 0) is 9.84 Å². The summed E-state index contributed by atoms with van der Waals surface area (Å²) in [5.41, 5.74) is 0. The fourth-order valence-electron chi connectivity index (χ4n) is 1.68. The first-order chi connectivity index (χ1) is 8.44. The zero-order valence-corrected chi connectivity index (χ0v) is 11.7. The van der Waals surface area contributed by atoms with Crippen LogP contribution in [0.15, 0.2) is 12.7 Å². The Balaban J connectivity index is 2.15. The van der Waals surface area contributed by atoms with Gasteiger partial charge in [0.15, 0.2) is 14.9 Å². The Morgan fingerprint density at radius 2 is 2.11 bits per heavy atom. The highest BCUT2D eigenvalue weighted by molar-refractivity contribution is 7.91. The monoisotopic (exact) mass is 293 g/mol. The first-order valence-corrected chi connectivity index (χ1v) is 7.92. The van der Waals surface area contributed by atoms with E-state index in [9.17, 15) is 13.5 Å². The number of rotatable bonds is 6. The van der Waals surface area contributed by atoms with Crippen LogP contribution in [0.4, 0.5) is 0 Å². The van der Waals surface area contributed by atoms with Gasteiger partial charge in [-0.15, -0.1) is 6.58 Å². The molecular formula is C10H19N3O3S2. The molecule has 2 unspecified atom stereocenters. The van der Waals surface area contributed by atoms with E-state index < -0.39 is 15.9 Å². The van der Waals surface area contributed by atoms with Crippen LogP contribution in [0.3, 0.4) is 0 Å². The van der Waals surface area contributed by atoms with E-state index >= 15 is 0 Å². The lowest BCUT2D eigenvalue weighted by atomic mass is 10.2. The van der Waals surface area contributed by atoms with Gasteiger partial charge in [0.05, 0.1) is 17.6 Å². The van der Waals surface area contributed by atoms with Crippen molar-refractivity contribution in [1.29, 1.82) is 0 Å². The molecule has 1 aliphatic heterocycles. The van der Waals surface area contributed by atoms with Crippen molar-refractivity contribution in [1.82, 2.24) is 16.0 Å². The van der Waals surface area contributed by atoms with E-state index in [0.717, 1.165) is 0 Å². The molecule has 1 saturated heterocycles. The van der Waals surface area contributed by atoms with Crippen LogP contribution >= 0.6 is 12.2 Å². The number of hydrogen-bond acceptors (Lipinski definition) is 5. The molecule has 1 fully saturated rings. The Bertz CT molecular complexity index is 397. The van der Waals surface area contributed by atoms with Crippen molar-refractivity contribution in [2.45, 2.75) is 12.1 Å². The number of sulfone groups is 1. The van der Waals surface area contributed by atoms with Crippen LogP contribution in [0.5, 0.6) is 0 Å². The maximum Gasteiger partial charge on any atom is 0.166 e. The van der Waals surface area contributed by atoms with Crippen LogP contribution in [0.1, 0.15) is 0 Å². The van der Waals surface area contributed by atoms with Crippen LogP contribution in [0.25, 0.3) is 0 Å². The molecule has 0 saturated carbocycles. The second kappa shape index (κ2) is 7.03. The normalized spacial score (nSPS) is 25.6. The van der Waals surface area contributed by atoms with Gasteiger partial charge in [0, 0.05) is 25.7 Å². The zero-order valence-electron chi connectivity index (χ0n) is 10.1. The van der Waals surface area contributed by atoms with E-state index in [1.54, 1.807) is 6.08 Å². The minimum atomic E-state index is -3.09. The molecule has 0 aliphatic carbocycles. The maximum absolute atomic E-state index is 11.3. The third-order valence-electron chi connectivity index (χ3n) is 2.55. The molecule has 4 N–H and O–H groups in total. The molecule has 1 rings (SSSR count). The summed E-state index contributed by atoms with van der Waals surface area (Å²) in [5, 5.41) is 18.9. The summed E-state index contributed by atoms with van der Waals surface area (Å²) in [5.74, 6) is -0.162. The predicted molar refractivity (Wildman–Crippen MR) is 75.3 cm³/mol. The quantitative estimate of drug-likeness (QED) is 0.266. The lowest BCUT2D eigenvalue weighted by Crippen LogP contribution is -2.44. The smallest absolute Gasteiger partial charge is 0.166 e. The molecule has 0 spiro atoms. The minimum Gasteiger partial charge on any atom is -0.390 e. The summed E-state index contributed by atoms with van der Waals surface area (Å²) in [6.07, 6.45) is 0.882. The molecule has 0 bridgehead atoms. The fraction of sp³-hybridized carbons (Fsp3) is 0.700. The molecule has 0 aromatic carbocycles. The average Bonchev–Trinajstić information content (AvgIpc) is 2.55. The van der Waals surface area contributed by atoms with Gasteiger partial charge in [-0.25, -0.2) is 8.42 Å². The first kappa shape index (κ1) is 15.4. The van der Waals surface area contributed by atoms with E-state index in [1.165, 1.54) is 0 Å². The second-order valence-corrected chi connectivity index (χ2v) is 6.69. The van der Waals surface area contributed by atoms with Crippen molar-refractivity contribution in [2.75, 3.05) is 31.1 Å². The number of aliphatic hydroxyl groups is 1. The first-order valence-electron chi connectivity index (χ1n) is 5.69. The SMILES string of the molecule is C=CCNC(=S)NCCNC1CS(=O)(=O)CC1O. The van der Waals surface area contributed by atoms with E-state index in [2.05, 4.69) is 22.5 Å². The van der Waals surface area contributed by atoms with E-state index in [0.29, 0.717) is 24.7 Å². The highest BCUT2D eigenvalue weighted by Gasteiger charge is 2.35. The molecule has 2 atom stereocenters. The van der Waals surface area contributed by atoms with Gasteiger partial charge in [0.2, 0.25) is 0 Å². The second-order valence-electron chi connectivity index (χ2n) is 4.13. The molecule has 0 radical (unpaired) electrons. The molecular weight excluding hydrogens is 274 g/mol. The summed E-state index contributed by atoms with van der Waals surface area (Å²) in [6, 6.07) is -0.383. The molecule has 6 nitrogen and oxygen atoms in total. The summed E-state index contributed by atoms with van der Waals surface area (Å²) in [6.45, 7) is 5.25. The van der Waals surface area contributed by atoms with E-state index in [1.807, 2.05) is 0 Å². The van der Waals surface area contributed by atoms with E-state index in [4.69, 9.17) is 12.2 Å². The average molecular weight is 293 g/mol. The maximum atomic E-state index is 11.3. The number of thiocarbonyl (C=S) groups is 1. The Morgan fingerprint density at radius 1 is 1.39 bits per heavy atom. The molecule has 18 heavy (non-hydrogen) atoms. The van der Waals surface area contributed by atoms with Crippen molar-refractivity contribution < 1.29 is 13.5 Å². The van der Waals surface area contributed by atoms with Crippen molar-refractivity contribution in [3.63, 3.8) is 0 Å². The number of nitrogens with one attached hydrogen (secondary N) is 3. The van der Waals surface area contributed by atoms with Gasteiger partial charge in [-0.2, -0.15) is 0 Å². The number of aliphatic hydroxyl groups excluding tert-OH is 1. The third-order valence-corrected chi connectivity index (χ3v) is 4.55. The van der Waals surface area contributed by atoms with Crippen LogP contribution in [0, 0.1) is 0 Å². The molecule has 1 heterocycles. The standard InChI is InChI=1S/C10H19N3O3S2/c1-2-3-12-10(17)13-5-4-11-8-6-18(15,16)7-9(8)14/h2,8-9,11,14H,1,3-7H2,(H2,12,13,17). The highest BCUT2D eigenvalue weighted by atomic mass is 32.2.